The first-order valence-electron chi connectivity index (χ1n) is 9.45. The number of ether oxygens (including phenoxy) is 1. The number of amides is 4. The van der Waals surface area contributed by atoms with Gasteiger partial charge in [0, 0.05) is 12.1 Å². The summed E-state index contributed by atoms with van der Waals surface area (Å²) in [6, 6.07) is 1.05. The molecule has 0 bridgehead atoms. The SMILES string of the molecule is Cc1cc(NC(=O)CSCC(=O)O[C@@H](C)C(=O)NC(=O)NC2CCCCC2)no1. The first kappa shape index (κ1) is 22.7. The normalized spacial score (nSPS) is 15.2. The van der Waals surface area contributed by atoms with Crippen LogP contribution in [0.3, 0.4) is 0 Å². The zero-order chi connectivity index (χ0) is 21.2. The highest BCUT2D eigenvalue weighted by Gasteiger charge is 2.22. The molecule has 0 aromatic carbocycles. The van der Waals surface area contributed by atoms with E-state index in [0.717, 1.165) is 43.9 Å². The fourth-order valence-electron chi connectivity index (χ4n) is 2.80. The fourth-order valence-corrected chi connectivity index (χ4v) is 3.39. The van der Waals surface area contributed by atoms with E-state index in [1.54, 1.807) is 13.0 Å². The molecule has 1 fully saturated rings. The first-order valence-corrected chi connectivity index (χ1v) is 10.6. The molecule has 29 heavy (non-hydrogen) atoms. The first-order chi connectivity index (χ1) is 13.8. The van der Waals surface area contributed by atoms with Gasteiger partial charge in [-0.1, -0.05) is 24.4 Å². The van der Waals surface area contributed by atoms with E-state index in [4.69, 9.17) is 9.26 Å². The molecule has 11 heteroatoms. The van der Waals surface area contributed by atoms with Crippen LogP contribution in [0.15, 0.2) is 10.6 Å². The Balaban J connectivity index is 1.61. The Hall–Kier alpha value is -2.56. The maximum absolute atomic E-state index is 12.0. The summed E-state index contributed by atoms with van der Waals surface area (Å²) in [6.45, 7) is 3.08. The number of urea groups is 1. The predicted molar refractivity (Wildman–Crippen MR) is 106 cm³/mol. The predicted octanol–water partition coefficient (Wildman–Crippen LogP) is 1.74. The number of anilines is 1. The number of aryl methyl sites for hydroxylation is 1. The molecule has 0 radical (unpaired) electrons. The maximum Gasteiger partial charge on any atom is 0.321 e. The summed E-state index contributed by atoms with van der Waals surface area (Å²) in [7, 11) is 0. The second-order valence-electron chi connectivity index (χ2n) is 6.79. The molecular formula is C18H26N4O6S. The van der Waals surface area contributed by atoms with Gasteiger partial charge in [-0.15, -0.1) is 11.8 Å². The third-order valence-electron chi connectivity index (χ3n) is 4.20. The van der Waals surface area contributed by atoms with Gasteiger partial charge in [-0.3, -0.25) is 19.7 Å². The Morgan fingerprint density at radius 2 is 1.97 bits per heavy atom. The van der Waals surface area contributed by atoms with Gasteiger partial charge in [0.15, 0.2) is 11.9 Å². The number of hydrogen-bond donors (Lipinski definition) is 3. The number of hydrogen-bond acceptors (Lipinski definition) is 8. The van der Waals surface area contributed by atoms with Crippen LogP contribution < -0.4 is 16.0 Å². The lowest BCUT2D eigenvalue weighted by Gasteiger charge is -2.23. The summed E-state index contributed by atoms with van der Waals surface area (Å²) in [5, 5.41) is 11.1. The fraction of sp³-hybridized carbons (Fsp3) is 0.611. The lowest BCUT2D eigenvalue weighted by Crippen LogP contribution is -2.48. The van der Waals surface area contributed by atoms with Crippen molar-refractivity contribution in [2.24, 2.45) is 0 Å². The zero-order valence-electron chi connectivity index (χ0n) is 16.5. The highest BCUT2D eigenvalue weighted by molar-refractivity contribution is 8.00. The van der Waals surface area contributed by atoms with Crippen LogP contribution in [-0.2, 0) is 19.1 Å². The van der Waals surface area contributed by atoms with Crippen molar-refractivity contribution < 1.29 is 28.4 Å². The average molecular weight is 426 g/mol. The third kappa shape index (κ3) is 8.55. The van der Waals surface area contributed by atoms with Gasteiger partial charge in [0.2, 0.25) is 5.91 Å². The molecule has 0 saturated heterocycles. The van der Waals surface area contributed by atoms with Crippen LogP contribution in [0.1, 0.15) is 44.8 Å². The van der Waals surface area contributed by atoms with E-state index in [2.05, 4.69) is 21.1 Å². The Morgan fingerprint density at radius 3 is 2.62 bits per heavy atom. The van der Waals surface area contributed by atoms with E-state index >= 15 is 0 Å². The highest BCUT2D eigenvalue weighted by Crippen LogP contribution is 2.17. The minimum absolute atomic E-state index is 0.00534. The Labute approximate surface area is 172 Å². The van der Waals surface area contributed by atoms with Crippen molar-refractivity contribution in [1.29, 1.82) is 0 Å². The third-order valence-corrected chi connectivity index (χ3v) is 5.11. The molecule has 1 aliphatic rings. The topological polar surface area (TPSA) is 140 Å². The monoisotopic (exact) mass is 426 g/mol. The number of nitrogens with zero attached hydrogens (tertiary/aromatic N) is 1. The van der Waals surface area contributed by atoms with Gasteiger partial charge in [-0.2, -0.15) is 0 Å². The van der Waals surface area contributed by atoms with Crippen LogP contribution >= 0.6 is 11.8 Å². The summed E-state index contributed by atoms with van der Waals surface area (Å²) in [4.78, 5) is 47.4. The molecule has 0 spiro atoms. The molecule has 10 nitrogen and oxygen atoms in total. The van der Waals surface area contributed by atoms with Crippen LogP contribution in [-0.4, -0.2) is 52.6 Å². The van der Waals surface area contributed by atoms with Crippen molar-refractivity contribution in [3.05, 3.63) is 11.8 Å². The van der Waals surface area contributed by atoms with E-state index in [9.17, 15) is 19.2 Å². The zero-order valence-corrected chi connectivity index (χ0v) is 17.3. The van der Waals surface area contributed by atoms with Gasteiger partial charge < -0.3 is 19.9 Å². The molecule has 0 aliphatic heterocycles. The molecule has 3 N–H and O–H groups in total. The number of carbonyl (C=O) groups is 4. The molecule has 0 unspecified atom stereocenters. The maximum atomic E-state index is 12.0. The number of aromatic nitrogens is 1. The van der Waals surface area contributed by atoms with Gasteiger partial charge in [0.05, 0.1) is 11.5 Å². The van der Waals surface area contributed by atoms with E-state index in [1.807, 2.05) is 0 Å². The molecule has 2 rings (SSSR count). The van der Waals surface area contributed by atoms with Crippen LogP contribution in [0.2, 0.25) is 0 Å². The Morgan fingerprint density at radius 1 is 1.24 bits per heavy atom. The van der Waals surface area contributed by atoms with Gasteiger partial charge >= 0.3 is 12.0 Å². The second kappa shape index (κ2) is 11.4. The smallest absolute Gasteiger partial charge is 0.321 e. The molecule has 1 aromatic rings. The van der Waals surface area contributed by atoms with Gasteiger partial charge in [0.1, 0.15) is 5.76 Å². The van der Waals surface area contributed by atoms with Crippen molar-refractivity contribution in [3.8, 4) is 0 Å². The number of esters is 1. The number of rotatable bonds is 8. The number of thioether (sulfide) groups is 1. The van der Waals surface area contributed by atoms with Crippen molar-refractivity contribution in [2.75, 3.05) is 16.8 Å². The summed E-state index contributed by atoms with van der Waals surface area (Å²) < 4.78 is 9.83. The second-order valence-corrected chi connectivity index (χ2v) is 7.78. The molecule has 1 heterocycles. The molecule has 160 valence electrons. The molecule has 1 aromatic heterocycles. The van der Waals surface area contributed by atoms with Gasteiger partial charge in [-0.25, -0.2) is 4.79 Å². The van der Waals surface area contributed by atoms with Crippen molar-refractivity contribution in [3.63, 3.8) is 0 Å². The quantitative estimate of drug-likeness (QED) is 0.534. The lowest BCUT2D eigenvalue weighted by molar-refractivity contribution is -0.151. The minimum Gasteiger partial charge on any atom is -0.452 e. The van der Waals surface area contributed by atoms with Crippen LogP contribution in [0.5, 0.6) is 0 Å². The van der Waals surface area contributed by atoms with Crippen LogP contribution in [0, 0.1) is 6.92 Å². The van der Waals surface area contributed by atoms with E-state index < -0.39 is 24.0 Å². The summed E-state index contributed by atoms with van der Waals surface area (Å²) in [5.41, 5.74) is 0. The minimum atomic E-state index is -1.12. The molecule has 1 atom stereocenters. The lowest BCUT2D eigenvalue weighted by atomic mass is 9.96. The molecule has 4 amide bonds. The van der Waals surface area contributed by atoms with Gasteiger partial charge in [-0.05, 0) is 26.7 Å². The van der Waals surface area contributed by atoms with Crippen molar-refractivity contribution >= 4 is 41.4 Å². The van der Waals surface area contributed by atoms with E-state index in [-0.39, 0.29) is 23.5 Å². The number of imide groups is 1. The van der Waals surface area contributed by atoms with Crippen LogP contribution in [0.25, 0.3) is 0 Å². The van der Waals surface area contributed by atoms with E-state index in [0.29, 0.717) is 11.6 Å². The van der Waals surface area contributed by atoms with Crippen LogP contribution in [0.4, 0.5) is 10.6 Å². The highest BCUT2D eigenvalue weighted by atomic mass is 32.2. The van der Waals surface area contributed by atoms with E-state index in [1.165, 1.54) is 6.92 Å². The summed E-state index contributed by atoms with van der Waals surface area (Å²) >= 11 is 1.03. The summed E-state index contributed by atoms with van der Waals surface area (Å²) in [5.74, 6) is -0.945. The number of nitrogens with one attached hydrogen (secondary N) is 3. The standard InChI is InChI=1S/C18H26N4O6S/c1-11-8-14(22-28-11)20-15(23)9-29-10-16(24)27-12(2)17(25)21-18(26)19-13-6-4-3-5-7-13/h8,12-13H,3-7,9-10H2,1-2H3,(H,20,22,23)(H2,19,21,25,26)/t12-/m0/s1. The molecular weight excluding hydrogens is 400 g/mol. The molecule has 1 aliphatic carbocycles. The van der Waals surface area contributed by atoms with Crippen molar-refractivity contribution in [2.45, 2.75) is 58.1 Å². The number of carbonyl (C=O) groups excluding carboxylic acids is 4. The molecule has 1 saturated carbocycles. The van der Waals surface area contributed by atoms with Crippen molar-refractivity contribution in [1.82, 2.24) is 15.8 Å². The Bertz CT molecular complexity index is 732. The largest absolute Gasteiger partial charge is 0.452 e. The van der Waals surface area contributed by atoms with Gasteiger partial charge in [0.25, 0.3) is 5.91 Å². The average Bonchev–Trinajstić information content (AvgIpc) is 3.06. The Kier molecular flexibility index (Phi) is 8.97. The summed E-state index contributed by atoms with van der Waals surface area (Å²) in [6.07, 6.45) is 3.94.